The molecule has 0 radical (unpaired) electrons. The molecule has 1 aromatic heterocycles. The summed E-state index contributed by atoms with van der Waals surface area (Å²) in [6.07, 6.45) is 0.344. The molecule has 0 fully saturated rings. The van der Waals surface area contributed by atoms with E-state index in [2.05, 4.69) is 67.2 Å². The average molecular weight is 556 g/mol. The van der Waals surface area contributed by atoms with Gasteiger partial charge in [-0.1, -0.05) is 53.7 Å². The zero-order chi connectivity index (χ0) is 29.6. The Hall–Kier alpha value is -3.81. The van der Waals surface area contributed by atoms with Crippen LogP contribution in [-0.4, -0.2) is 46.3 Å². The molecule has 0 saturated carbocycles. The first-order valence-electron chi connectivity index (χ1n) is 14.1. The summed E-state index contributed by atoms with van der Waals surface area (Å²) >= 11 is 0. The zero-order valence-electron chi connectivity index (χ0n) is 25.2. The number of aromatic nitrogens is 2. The predicted molar refractivity (Wildman–Crippen MR) is 162 cm³/mol. The molecule has 1 heterocycles. The molecular weight excluding hydrogens is 514 g/mol. The molecule has 4 rings (SSSR count). The second-order valence-electron chi connectivity index (χ2n) is 11.6. The summed E-state index contributed by atoms with van der Waals surface area (Å²) < 4.78 is 16.7. The monoisotopic (exact) mass is 555 g/mol. The fourth-order valence-corrected chi connectivity index (χ4v) is 4.79. The van der Waals surface area contributed by atoms with Crippen molar-refractivity contribution in [1.82, 2.24) is 15.0 Å². The summed E-state index contributed by atoms with van der Waals surface area (Å²) in [5.74, 6) is 0.806. The Kier molecular flexibility index (Phi) is 9.73. The van der Waals surface area contributed by atoms with Crippen molar-refractivity contribution in [3.05, 3.63) is 83.4 Å². The zero-order valence-corrected chi connectivity index (χ0v) is 25.2. The van der Waals surface area contributed by atoms with E-state index in [0.29, 0.717) is 37.8 Å². The van der Waals surface area contributed by atoms with Gasteiger partial charge < -0.3 is 14.0 Å². The van der Waals surface area contributed by atoms with Crippen molar-refractivity contribution < 1.29 is 18.8 Å². The van der Waals surface area contributed by atoms with Gasteiger partial charge in [-0.3, -0.25) is 9.69 Å². The Morgan fingerprint density at radius 2 is 1.76 bits per heavy atom. The molecule has 0 bridgehead atoms. The summed E-state index contributed by atoms with van der Waals surface area (Å²) in [6, 6.07) is 22.9. The van der Waals surface area contributed by atoms with Crippen molar-refractivity contribution in [2.75, 3.05) is 13.7 Å². The lowest BCUT2D eigenvalue weighted by Gasteiger charge is -2.27. The lowest BCUT2D eigenvalue weighted by atomic mass is 9.94. The third kappa shape index (κ3) is 8.12. The maximum atomic E-state index is 12.3. The Bertz CT molecular complexity index is 1470. The van der Waals surface area contributed by atoms with E-state index in [-0.39, 0.29) is 12.0 Å². The number of aryl methyl sites for hydroxylation is 1. The van der Waals surface area contributed by atoms with Crippen LogP contribution in [-0.2, 0) is 27.4 Å². The second-order valence-corrected chi connectivity index (χ2v) is 11.6. The van der Waals surface area contributed by atoms with Crippen LogP contribution in [0.3, 0.4) is 0 Å². The first-order valence-corrected chi connectivity index (χ1v) is 14.1. The molecule has 0 aliphatic rings. The SMILES string of the molecule is COCc1cc(-c2nc(-c3cccc(CN(CCC(=O)OC(C)(C)C)C(C)C)c3)no2)ccc1-c1ccccc1C. The van der Waals surface area contributed by atoms with Crippen molar-refractivity contribution >= 4 is 5.97 Å². The van der Waals surface area contributed by atoms with Crippen LogP contribution in [0, 0.1) is 6.92 Å². The van der Waals surface area contributed by atoms with Gasteiger partial charge in [0.2, 0.25) is 5.82 Å². The van der Waals surface area contributed by atoms with E-state index < -0.39 is 5.60 Å². The molecule has 0 atom stereocenters. The van der Waals surface area contributed by atoms with E-state index in [9.17, 15) is 4.79 Å². The minimum absolute atomic E-state index is 0.184. The lowest BCUT2D eigenvalue weighted by molar-refractivity contribution is -0.155. The third-order valence-electron chi connectivity index (χ3n) is 6.84. The second kappa shape index (κ2) is 13.2. The van der Waals surface area contributed by atoms with Gasteiger partial charge in [0, 0.05) is 37.4 Å². The van der Waals surface area contributed by atoms with E-state index >= 15 is 0 Å². The highest BCUT2D eigenvalue weighted by atomic mass is 16.6. The Balaban J connectivity index is 1.52. The summed E-state index contributed by atoms with van der Waals surface area (Å²) in [4.78, 5) is 19.3. The van der Waals surface area contributed by atoms with Gasteiger partial charge in [-0.05, 0) is 87.6 Å². The van der Waals surface area contributed by atoms with Crippen LogP contribution in [0.5, 0.6) is 0 Å². The molecule has 0 aliphatic carbocycles. The maximum Gasteiger partial charge on any atom is 0.307 e. The fraction of sp³-hybridized carbons (Fsp3) is 0.382. The molecule has 0 unspecified atom stereocenters. The molecule has 0 amide bonds. The number of hydrogen-bond acceptors (Lipinski definition) is 7. The molecule has 4 aromatic rings. The van der Waals surface area contributed by atoms with Crippen LogP contribution in [0.15, 0.2) is 71.3 Å². The van der Waals surface area contributed by atoms with Crippen LogP contribution in [0.4, 0.5) is 0 Å². The van der Waals surface area contributed by atoms with Crippen LogP contribution >= 0.6 is 0 Å². The highest BCUT2D eigenvalue weighted by molar-refractivity contribution is 5.74. The van der Waals surface area contributed by atoms with Gasteiger partial charge in [-0.25, -0.2) is 0 Å². The van der Waals surface area contributed by atoms with Crippen molar-refractivity contribution in [1.29, 1.82) is 0 Å². The number of nitrogens with zero attached hydrogens (tertiary/aromatic N) is 3. The molecule has 3 aromatic carbocycles. The standard InChI is InChI=1S/C34H41N3O4/c1-23(2)37(18-17-31(38)40-34(4,5)6)21-25-12-10-13-26(19-25)32-35-33(41-36-32)27-15-16-30(28(20-27)22-39-7)29-14-9-8-11-24(29)3/h8-16,19-20,23H,17-18,21-22H2,1-7H3. The highest BCUT2D eigenvalue weighted by Crippen LogP contribution is 2.32. The van der Waals surface area contributed by atoms with E-state index in [1.165, 1.54) is 11.1 Å². The summed E-state index contributed by atoms with van der Waals surface area (Å²) in [5, 5.41) is 4.29. The number of benzene rings is 3. The maximum absolute atomic E-state index is 12.3. The molecule has 0 spiro atoms. The molecule has 7 heteroatoms. The number of rotatable bonds is 11. The van der Waals surface area contributed by atoms with Crippen molar-refractivity contribution in [3.8, 4) is 34.0 Å². The van der Waals surface area contributed by atoms with Crippen molar-refractivity contribution in [2.24, 2.45) is 0 Å². The first-order chi connectivity index (χ1) is 19.5. The molecular formula is C34H41N3O4. The van der Waals surface area contributed by atoms with E-state index in [1.807, 2.05) is 51.1 Å². The molecule has 216 valence electrons. The summed E-state index contributed by atoms with van der Waals surface area (Å²) in [6.45, 7) is 13.8. The predicted octanol–water partition coefficient (Wildman–Crippen LogP) is 7.47. The Labute approximate surface area is 243 Å². The van der Waals surface area contributed by atoms with Gasteiger partial charge in [-0.15, -0.1) is 0 Å². The van der Waals surface area contributed by atoms with Crippen molar-refractivity contribution in [3.63, 3.8) is 0 Å². The fourth-order valence-electron chi connectivity index (χ4n) is 4.79. The van der Waals surface area contributed by atoms with E-state index in [4.69, 9.17) is 19.0 Å². The van der Waals surface area contributed by atoms with Gasteiger partial charge >= 0.3 is 5.97 Å². The quantitative estimate of drug-likeness (QED) is 0.178. The number of methoxy groups -OCH3 is 1. The topological polar surface area (TPSA) is 77.7 Å². The average Bonchev–Trinajstić information content (AvgIpc) is 3.41. The highest BCUT2D eigenvalue weighted by Gasteiger charge is 2.19. The largest absolute Gasteiger partial charge is 0.460 e. The van der Waals surface area contributed by atoms with E-state index in [1.54, 1.807) is 7.11 Å². The molecule has 0 aliphatic heterocycles. The smallest absolute Gasteiger partial charge is 0.307 e. The van der Waals surface area contributed by atoms with Gasteiger partial charge in [0.1, 0.15) is 5.60 Å². The Morgan fingerprint density at radius 3 is 2.46 bits per heavy atom. The Morgan fingerprint density at radius 1 is 0.976 bits per heavy atom. The molecule has 0 N–H and O–H groups in total. The van der Waals surface area contributed by atoms with Crippen molar-refractivity contribution in [2.45, 2.75) is 72.8 Å². The van der Waals surface area contributed by atoms with Crippen LogP contribution < -0.4 is 0 Å². The number of esters is 1. The first kappa shape index (κ1) is 30.2. The number of ether oxygens (including phenoxy) is 2. The lowest BCUT2D eigenvalue weighted by Crippen LogP contribution is -2.34. The normalized spacial score (nSPS) is 11.8. The minimum Gasteiger partial charge on any atom is -0.460 e. The number of carbonyl (C=O) groups excluding carboxylic acids is 1. The van der Waals surface area contributed by atoms with Crippen LogP contribution in [0.25, 0.3) is 34.0 Å². The molecule has 7 nitrogen and oxygen atoms in total. The van der Waals surface area contributed by atoms with Gasteiger partial charge in [0.15, 0.2) is 0 Å². The number of hydrogen-bond donors (Lipinski definition) is 0. The van der Waals surface area contributed by atoms with E-state index in [0.717, 1.165) is 27.8 Å². The van der Waals surface area contributed by atoms with Gasteiger partial charge in [0.05, 0.1) is 13.0 Å². The molecule has 0 saturated heterocycles. The van der Waals surface area contributed by atoms with Gasteiger partial charge in [0.25, 0.3) is 5.89 Å². The third-order valence-corrected chi connectivity index (χ3v) is 6.84. The van der Waals surface area contributed by atoms with Crippen LogP contribution in [0.1, 0.15) is 57.7 Å². The molecule has 41 heavy (non-hydrogen) atoms. The van der Waals surface area contributed by atoms with Crippen LogP contribution in [0.2, 0.25) is 0 Å². The number of carbonyl (C=O) groups is 1. The summed E-state index contributed by atoms with van der Waals surface area (Å²) in [7, 11) is 1.70. The minimum atomic E-state index is -0.480. The van der Waals surface area contributed by atoms with Gasteiger partial charge in [-0.2, -0.15) is 4.98 Å². The summed E-state index contributed by atoms with van der Waals surface area (Å²) in [5.41, 5.74) is 6.92.